The summed E-state index contributed by atoms with van der Waals surface area (Å²) in [4.78, 5) is 25.1. The fourth-order valence-electron chi connectivity index (χ4n) is 0.385. The third kappa shape index (κ3) is 81.9. The average molecular weight is 216 g/mol. The molecule has 0 saturated heterocycles. The summed E-state index contributed by atoms with van der Waals surface area (Å²) in [7, 11) is 0. The molecule has 0 saturated carbocycles. The van der Waals surface area contributed by atoms with Crippen LogP contribution in [-0.2, 0) is 14.4 Å². The first-order valence-electron chi connectivity index (χ1n) is 3.48. The summed E-state index contributed by atoms with van der Waals surface area (Å²) in [5.74, 6) is 0. The van der Waals surface area contributed by atoms with Crippen LogP contribution in [0.15, 0.2) is 36.4 Å². The lowest BCUT2D eigenvalue weighted by Gasteiger charge is -1.69. The van der Waals surface area contributed by atoms with Gasteiger partial charge in [-0.15, -0.1) is 0 Å². The second-order valence-corrected chi connectivity index (χ2v) is 1.47. The van der Waals surface area contributed by atoms with Crippen LogP contribution in [-0.4, -0.2) is 34.7 Å². The Hall–Kier alpha value is -2.37. The van der Waals surface area contributed by atoms with Crippen LogP contribution in [0.4, 0.5) is 0 Å². The van der Waals surface area contributed by atoms with Crippen LogP contribution in [0, 0.1) is 0 Å². The first-order chi connectivity index (χ1) is 7.24. The predicted octanol–water partition coefficient (Wildman–Crippen LogP) is 0.789. The van der Waals surface area contributed by atoms with E-state index < -0.39 is 0 Å². The number of hydrogen-bond acceptors (Lipinski definition) is 3. The first kappa shape index (κ1) is 18.4. The van der Waals surface area contributed by atoms with Gasteiger partial charge in [0.25, 0.3) is 19.4 Å². The normalized spacial score (nSPS) is 5.60. The molecule has 0 spiro atoms. The van der Waals surface area contributed by atoms with Gasteiger partial charge in [0, 0.05) is 0 Å². The summed E-state index contributed by atoms with van der Waals surface area (Å²) in [6, 6.07) is 12.0. The predicted molar refractivity (Wildman–Crippen MR) is 52.5 cm³/mol. The summed E-state index contributed by atoms with van der Waals surface area (Å²) >= 11 is 0. The molecule has 1 aromatic rings. The van der Waals surface area contributed by atoms with E-state index in [9.17, 15) is 0 Å². The van der Waals surface area contributed by atoms with E-state index in [1.807, 2.05) is 36.4 Å². The molecule has 0 aliphatic rings. The lowest BCUT2D eigenvalue weighted by atomic mass is 10.4. The van der Waals surface area contributed by atoms with Gasteiger partial charge < -0.3 is 15.3 Å². The topological polar surface area (TPSA) is 112 Å². The second kappa shape index (κ2) is 29.9. The molecule has 0 aromatic heterocycles. The maximum Gasteiger partial charge on any atom is 0.290 e. The van der Waals surface area contributed by atoms with Crippen molar-refractivity contribution in [1.29, 1.82) is 0 Å². The molecule has 0 atom stereocenters. The molecule has 6 nitrogen and oxygen atoms in total. The highest BCUT2D eigenvalue weighted by Crippen LogP contribution is 1.79. The Morgan fingerprint density at radius 2 is 0.600 bits per heavy atom. The smallest absolute Gasteiger partial charge is 0.290 e. The zero-order valence-corrected chi connectivity index (χ0v) is 7.76. The zero-order chi connectivity index (χ0) is 12.4. The van der Waals surface area contributed by atoms with Crippen LogP contribution in [0.5, 0.6) is 0 Å². The van der Waals surface area contributed by atoms with Crippen LogP contribution in [0.3, 0.4) is 0 Å². The van der Waals surface area contributed by atoms with Gasteiger partial charge in [-0.3, -0.25) is 14.4 Å². The van der Waals surface area contributed by atoms with E-state index in [1.54, 1.807) is 0 Å². The Labute approximate surface area is 86.4 Å². The summed E-state index contributed by atoms with van der Waals surface area (Å²) in [5.41, 5.74) is 0. The zero-order valence-electron chi connectivity index (χ0n) is 7.76. The summed E-state index contributed by atoms with van der Waals surface area (Å²) in [6.07, 6.45) is 0. The lowest BCUT2D eigenvalue weighted by Crippen LogP contribution is -1.49. The molecule has 84 valence electrons. The van der Waals surface area contributed by atoms with Crippen molar-refractivity contribution >= 4 is 19.4 Å². The van der Waals surface area contributed by atoms with Crippen LogP contribution in [0.25, 0.3) is 0 Å². The molecular weight excluding hydrogens is 204 g/mol. The van der Waals surface area contributed by atoms with E-state index in [0.717, 1.165) is 0 Å². The molecule has 0 fully saturated rings. The highest BCUT2D eigenvalue weighted by Gasteiger charge is 1.57. The van der Waals surface area contributed by atoms with Crippen LogP contribution in [0.1, 0.15) is 0 Å². The van der Waals surface area contributed by atoms with Gasteiger partial charge in [0.15, 0.2) is 0 Å². The van der Waals surface area contributed by atoms with Crippen molar-refractivity contribution in [1.82, 2.24) is 0 Å². The molecule has 6 heteroatoms. The standard InChI is InChI=1S/C6H6.3CH2O2/c1-2-4-6-5-3-1;3*2-1-3/h1-6H;3*1H,(H,2,3). The number of carbonyl (C=O) groups is 3. The molecule has 0 bridgehead atoms. The van der Waals surface area contributed by atoms with Crippen molar-refractivity contribution in [3.63, 3.8) is 0 Å². The van der Waals surface area contributed by atoms with E-state index in [0.29, 0.717) is 0 Å². The van der Waals surface area contributed by atoms with E-state index >= 15 is 0 Å². The monoisotopic (exact) mass is 216 g/mol. The molecule has 1 aromatic carbocycles. The summed E-state index contributed by atoms with van der Waals surface area (Å²) < 4.78 is 0. The molecule has 1 rings (SSSR count). The minimum absolute atomic E-state index is 0.250. The minimum Gasteiger partial charge on any atom is -0.483 e. The molecule has 0 amide bonds. The van der Waals surface area contributed by atoms with Crippen LogP contribution >= 0.6 is 0 Å². The average Bonchev–Trinajstić information content (AvgIpc) is 2.24. The van der Waals surface area contributed by atoms with Crippen molar-refractivity contribution in [2.75, 3.05) is 0 Å². The Kier molecular flexibility index (Phi) is 36.7. The van der Waals surface area contributed by atoms with Gasteiger partial charge in [-0.25, -0.2) is 0 Å². The van der Waals surface area contributed by atoms with E-state index in [4.69, 9.17) is 29.7 Å². The van der Waals surface area contributed by atoms with Gasteiger partial charge in [-0.05, 0) is 0 Å². The Balaban J connectivity index is -0.000000140. The number of carboxylic acid groups (broad SMARTS) is 3. The first-order valence-corrected chi connectivity index (χ1v) is 3.48. The molecule has 0 heterocycles. The van der Waals surface area contributed by atoms with Gasteiger partial charge in [0.1, 0.15) is 0 Å². The van der Waals surface area contributed by atoms with Gasteiger partial charge in [0.05, 0.1) is 0 Å². The van der Waals surface area contributed by atoms with Crippen molar-refractivity contribution in [3.8, 4) is 0 Å². The van der Waals surface area contributed by atoms with Gasteiger partial charge in [-0.2, -0.15) is 0 Å². The molecule has 0 radical (unpaired) electrons. The number of rotatable bonds is 0. The quantitative estimate of drug-likeness (QED) is 0.552. The van der Waals surface area contributed by atoms with Crippen molar-refractivity contribution in [2.24, 2.45) is 0 Å². The van der Waals surface area contributed by atoms with Crippen molar-refractivity contribution in [3.05, 3.63) is 36.4 Å². The van der Waals surface area contributed by atoms with E-state index in [1.165, 1.54) is 0 Å². The molecule has 0 aliphatic carbocycles. The maximum atomic E-state index is 8.36. The fourth-order valence-corrected chi connectivity index (χ4v) is 0.385. The van der Waals surface area contributed by atoms with Crippen molar-refractivity contribution in [2.45, 2.75) is 0 Å². The molecular formula is C9H12O6. The maximum absolute atomic E-state index is 8.36. The molecule has 0 unspecified atom stereocenters. The Morgan fingerprint density at radius 1 is 0.533 bits per heavy atom. The third-order valence-electron chi connectivity index (χ3n) is 0.667. The van der Waals surface area contributed by atoms with E-state index in [2.05, 4.69) is 0 Å². The minimum atomic E-state index is -0.250. The largest absolute Gasteiger partial charge is 0.483 e. The van der Waals surface area contributed by atoms with Gasteiger partial charge in [-0.1, -0.05) is 36.4 Å². The number of hydrogen-bond donors (Lipinski definition) is 3. The number of benzene rings is 1. The van der Waals surface area contributed by atoms with E-state index in [-0.39, 0.29) is 19.4 Å². The third-order valence-corrected chi connectivity index (χ3v) is 0.667. The lowest BCUT2D eigenvalue weighted by molar-refractivity contribution is -0.123. The highest BCUT2D eigenvalue weighted by atomic mass is 16.4. The van der Waals surface area contributed by atoms with Crippen LogP contribution in [0.2, 0.25) is 0 Å². The highest BCUT2D eigenvalue weighted by molar-refractivity contribution is 5.33. The molecule has 0 aliphatic heterocycles. The summed E-state index contributed by atoms with van der Waals surface area (Å²) in [6.45, 7) is -0.750. The van der Waals surface area contributed by atoms with Gasteiger partial charge in [0.2, 0.25) is 0 Å². The SMILES string of the molecule is O=CO.O=CO.O=CO.c1ccccc1. The van der Waals surface area contributed by atoms with Crippen molar-refractivity contribution < 1.29 is 29.7 Å². The molecule has 15 heavy (non-hydrogen) atoms. The second-order valence-electron chi connectivity index (χ2n) is 1.47. The molecule has 3 N–H and O–H groups in total. The Morgan fingerprint density at radius 3 is 0.667 bits per heavy atom. The fraction of sp³-hybridized carbons (Fsp3) is 0. The van der Waals surface area contributed by atoms with Crippen LogP contribution < -0.4 is 0 Å². The summed E-state index contributed by atoms with van der Waals surface area (Å²) in [5, 5.41) is 20.7. The van der Waals surface area contributed by atoms with Gasteiger partial charge >= 0.3 is 0 Å². The Bertz CT molecular complexity index is 170.